The Labute approximate surface area is 199 Å². The van der Waals surface area contributed by atoms with Crippen LogP contribution in [0.1, 0.15) is 44.7 Å². The van der Waals surface area contributed by atoms with Gasteiger partial charge in [-0.1, -0.05) is 39.0 Å². The molecule has 2 aromatic rings. The van der Waals surface area contributed by atoms with E-state index in [1.165, 1.54) is 5.56 Å². The summed E-state index contributed by atoms with van der Waals surface area (Å²) in [7, 11) is 1.60. The van der Waals surface area contributed by atoms with E-state index in [0.29, 0.717) is 24.5 Å². The maximum Gasteiger partial charge on any atom is 0.261 e. The molecule has 0 radical (unpaired) electrons. The zero-order valence-corrected chi connectivity index (χ0v) is 20.9. The van der Waals surface area contributed by atoms with E-state index in [1.807, 2.05) is 56.3 Å². The van der Waals surface area contributed by atoms with Gasteiger partial charge in [0.1, 0.15) is 17.5 Å². The highest BCUT2D eigenvalue weighted by Crippen LogP contribution is 2.26. The zero-order chi connectivity index (χ0) is 23.5. The molecule has 6 nitrogen and oxygen atoms in total. The van der Waals surface area contributed by atoms with Gasteiger partial charge in [0.2, 0.25) is 5.91 Å². The van der Waals surface area contributed by atoms with Crippen molar-refractivity contribution in [3.63, 3.8) is 0 Å². The summed E-state index contributed by atoms with van der Waals surface area (Å²) in [5.74, 6) is 0.895. The number of nitrogens with zero attached hydrogens (tertiary/aromatic N) is 1. The molecule has 0 unspecified atom stereocenters. The summed E-state index contributed by atoms with van der Waals surface area (Å²) in [6, 6.07) is 12.7. The molecule has 2 rings (SSSR count). The summed E-state index contributed by atoms with van der Waals surface area (Å²) >= 11 is 3.51. The second kappa shape index (κ2) is 13.1. The van der Waals surface area contributed by atoms with E-state index in [1.54, 1.807) is 12.0 Å². The molecule has 2 aromatic carbocycles. The lowest BCUT2D eigenvalue weighted by atomic mass is 10.1. The van der Waals surface area contributed by atoms with Crippen molar-refractivity contribution < 1.29 is 19.1 Å². The summed E-state index contributed by atoms with van der Waals surface area (Å²) in [6.07, 6.45) is 2.24. The predicted octanol–water partition coefficient (Wildman–Crippen LogP) is 4.73. The number of benzene rings is 2. The standard InChI is InChI=1S/C25H33BrN2O4/c1-5-13-27-25(30)22(7-3)28(16-19-9-8-10-20(14-19)31-4)24(29)17-32-23-12-11-18(6-2)15-21(23)26/h8-12,14-15,22H,5-7,13,16-17H2,1-4H3,(H,27,30)/t22-/m0/s1. The van der Waals surface area contributed by atoms with E-state index in [0.717, 1.165) is 22.9 Å². The SMILES string of the molecule is CCCNC(=O)[C@H](CC)N(Cc1cccc(OC)c1)C(=O)COc1ccc(CC)cc1Br. The number of ether oxygens (including phenoxy) is 2. The van der Waals surface area contributed by atoms with E-state index in [2.05, 4.69) is 28.2 Å². The van der Waals surface area contributed by atoms with Gasteiger partial charge >= 0.3 is 0 Å². The summed E-state index contributed by atoms with van der Waals surface area (Å²) < 4.78 is 11.9. The second-order valence-electron chi connectivity index (χ2n) is 7.50. The Bertz CT molecular complexity index is 903. The third kappa shape index (κ3) is 7.26. The topological polar surface area (TPSA) is 67.9 Å². The monoisotopic (exact) mass is 504 g/mol. The van der Waals surface area contributed by atoms with Crippen LogP contribution in [0.3, 0.4) is 0 Å². The van der Waals surface area contributed by atoms with Gasteiger partial charge in [-0.2, -0.15) is 0 Å². The van der Waals surface area contributed by atoms with Crippen molar-refractivity contribution in [2.45, 2.75) is 52.6 Å². The average molecular weight is 505 g/mol. The van der Waals surface area contributed by atoms with Crippen LogP contribution in [0.15, 0.2) is 46.9 Å². The van der Waals surface area contributed by atoms with Crippen LogP contribution in [-0.4, -0.2) is 43.0 Å². The van der Waals surface area contributed by atoms with E-state index < -0.39 is 6.04 Å². The van der Waals surface area contributed by atoms with Crippen molar-refractivity contribution in [1.82, 2.24) is 10.2 Å². The third-order valence-corrected chi connectivity index (χ3v) is 5.80. The maximum absolute atomic E-state index is 13.3. The van der Waals surface area contributed by atoms with Gasteiger partial charge in [-0.15, -0.1) is 0 Å². The summed E-state index contributed by atoms with van der Waals surface area (Å²) in [4.78, 5) is 27.7. The van der Waals surface area contributed by atoms with Gasteiger partial charge in [0.25, 0.3) is 5.91 Å². The lowest BCUT2D eigenvalue weighted by Gasteiger charge is -2.30. The molecule has 0 aliphatic heterocycles. The van der Waals surface area contributed by atoms with Crippen molar-refractivity contribution >= 4 is 27.7 Å². The first-order valence-electron chi connectivity index (χ1n) is 11.0. The van der Waals surface area contributed by atoms with Crippen LogP contribution in [0, 0.1) is 0 Å². The van der Waals surface area contributed by atoms with Gasteiger partial charge in [0.05, 0.1) is 11.6 Å². The first-order valence-corrected chi connectivity index (χ1v) is 11.8. The lowest BCUT2D eigenvalue weighted by Crippen LogP contribution is -2.50. The summed E-state index contributed by atoms with van der Waals surface area (Å²) in [5.41, 5.74) is 2.06. The lowest BCUT2D eigenvalue weighted by molar-refractivity contribution is -0.143. The molecule has 7 heteroatoms. The third-order valence-electron chi connectivity index (χ3n) is 5.18. The molecule has 0 saturated heterocycles. The Balaban J connectivity index is 2.23. The molecule has 0 aliphatic rings. The largest absolute Gasteiger partial charge is 0.497 e. The minimum absolute atomic E-state index is 0.154. The van der Waals surface area contributed by atoms with Gasteiger partial charge in [0.15, 0.2) is 6.61 Å². The molecule has 1 atom stereocenters. The van der Waals surface area contributed by atoms with Crippen LogP contribution in [0.25, 0.3) is 0 Å². The van der Waals surface area contributed by atoms with E-state index in [9.17, 15) is 9.59 Å². The molecule has 2 amide bonds. The summed E-state index contributed by atoms with van der Waals surface area (Å²) in [5, 5.41) is 2.92. The van der Waals surface area contributed by atoms with Crippen LogP contribution in [-0.2, 0) is 22.6 Å². The molecule has 32 heavy (non-hydrogen) atoms. The second-order valence-corrected chi connectivity index (χ2v) is 8.35. The molecule has 0 bridgehead atoms. The van der Waals surface area contributed by atoms with Crippen molar-refractivity contribution in [1.29, 1.82) is 0 Å². The first kappa shape index (κ1) is 25.7. The van der Waals surface area contributed by atoms with Crippen LogP contribution in [0.5, 0.6) is 11.5 Å². The Hall–Kier alpha value is -2.54. The molecule has 174 valence electrons. The number of nitrogens with one attached hydrogen (secondary N) is 1. The zero-order valence-electron chi connectivity index (χ0n) is 19.3. The Kier molecular flexibility index (Phi) is 10.5. The van der Waals surface area contributed by atoms with Crippen molar-refractivity contribution in [2.75, 3.05) is 20.3 Å². The number of carbonyl (C=O) groups excluding carboxylic acids is 2. The molecule has 0 aliphatic carbocycles. The first-order chi connectivity index (χ1) is 15.4. The number of methoxy groups -OCH3 is 1. The molecule has 0 aromatic heterocycles. The highest BCUT2D eigenvalue weighted by molar-refractivity contribution is 9.10. The van der Waals surface area contributed by atoms with Crippen molar-refractivity contribution in [3.05, 3.63) is 58.1 Å². The Morgan fingerprint density at radius 3 is 2.50 bits per heavy atom. The Morgan fingerprint density at radius 1 is 1.09 bits per heavy atom. The molecule has 0 fully saturated rings. The number of rotatable bonds is 12. The van der Waals surface area contributed by atoms with Crippen LogP contribution in [0.4, 0.5) is 0 Å². The summed E-state index contributed by atoms with van der Waals surface area (Å²) in [6.45, 7) is 6.68. The fourth-order valence-electron chi connectivity index (χ4n) is 3.36. The number of carbonyl (C=O) groups is 2. The Morgan fingerprint density at radius 2 is 1.88 bits per heavy atom. The number of halogens is 1. The molecule has 0 heterocycles. The fraction of sp³-hybridized carbons (Fsp3) is 0.440. The number of amides is 2. The smallest absolute Gasteiger partial charge is 0.261 e. The van der Waals surface area contributed by atoms with Gasteiger partial charge in [-0.05, 0) is 70.6 Å². The van der Waals surface area contributed by atoms with Gasteiger partial charge in [-0.3, -0.25) is 9.59 Å². The minimum atomic E-state index is -0.588. The van der Waals surface area contributed by atoms with Crippen molar-refractivity contribution in [3.8, 4) is 11.5 Å². The van der Waals surface area contributed by atoms with Crippen LogP contribution in [0.2, 0.25) is 0 Å². The van der Waals surface area contributed by atoms with E-state index in [-0.39, 0.29) is 25.0 Å². The van der Waals surface area contributed by atoms with Crippen molar-refractivity contribution in [2.24, 2.45) is 0 Å². The quantitative estimate of drug-likeness (QED) is 0.453. The molecular weight excluding hydrogens is 472 g/mol. The van der Waals surface area contributed by atoms with Crippen LogP contribution >= 0.6 is 15.9 Å². The fourth-order valence-corrected chi connectivity index (χ4v) is 3.90. The number of aryl methyl sites for hydroxylation is 1. The molecule has 0 spiro atoms. The number of hydrogen-bond donors (Lipinski definition) is 1. The highest BCUT2D eigenvalue weighted by Gasteiger charge is 2.29. The molecular formula is C25H33BrN2O4. The molecule has 0 saturated carbocycles. The predicted molar refractivity (Wildman–Crippen MR) is 130 cm³/mol. The minimum Gasteiger partial charge on any atom is -0.497 e. The molecule has 1 N–H and O–H groups in total. The highest BCUT2D eigenvalue weighted by atomic mass is 79.9. The van der Waals surface area contributed by atoms with E-state index in [4.69, 9.17) is 9.47 Å². The number of hydrogen-bond acceptors (Lipinski definition) is 4. The van der Waals surface area contributed by atoms with Gasteiger partial charge < -0.3 is 19.7 Å². The van der Waals surface area contributed by atoms with Gasteiger partial charge in [-0.25, -0.2) is 0 Å². The van der Waals surface area contributed by atoms with Gasteiger partial charge in [0, 0.05) is 13.1 Å². The van der Waals surface area contributed by atoms with Crippen LogP contribution < -0.4 is 14.8 Å². The normalized spacial score (nSPS) is 11.5. The van der Waals surface area contributed by atoms with E-state index >= 15 is 0 Å². The average Bonchev–Trinajstić information content (AvgIpc) is 2.81. The maximum atomic E-state index is 13.3.